The van der Waals surface area contributed by atoms with Gasteiger partial charge in [0.15, 0.2) is 0 Å². The quantitative estimate of drug-likeness (QED) is 0.782. The number of aliphatic hydroxyl groups is 1. The number of imidazole rings is 1. The second-order valence-corrected chi connectivity index (χ2v) is 8.06. The predicted octanol–water partition coefficient (Wildman–Crippen LogP) is 2.52. The molecule has 29 heavy (non-hydrogen) atoms. The average Bonchev–Trinajstić information content (AvgIpc) is 3.46. The number of ether oxygens (including phenoxy) is 1. The summed E-state index contributed by atoms with van der Waals surface area (Å²) in [6, 6.07) is 6.21. The number of benzene rings is 1. The Kier molecular flexibility index (Phi) is 6.16. The maximum absolute atomic E-state index is 13.1. The third kappa shape index (κ3) is 4.46. The molecule has 1 atom stereocenters. The second kappa shape index (κ2) is 8.97. The van der Waals surface area contributed by atoms with Crippen molar-refractivity contribution in [3.05, 3.63) is 42.5 Å². The Balaban J connectivity index is 1.57. The highest BCUT2D eigenvalue weighted by Crippen LogP contribution is 2.29. The largest absolute Gasteiger partial charge is 0.394 e. The van der Waals surface area contributed by atoms with Gasteiger partial charge in [-0.25, -0.2) is 4.98 Å². The van der Waals surface area contributed by atoms with Crippen molar-refractivity contribution in [3.8, 4) is 5.69 Å². The van der Waals surface area contributed by atoms with Gasteiger partial charge in [0.25, 0.3) is 5.91 Å². The maximum Gasteiger partial charge on any atom is 0.251 e. The Morgan fingerprint density at radius 1 is 1.21 bits per heavy atom. The van der Waals surface area contributed by atoms with Crippen LogP contribution >= 0.6 is 0 Å². The van der Waals surface area contributed by atoms with Crippen LogP contribution in [0.25, 0.3) is 5.69 Å². The van der Waals surface area contributed by atoms with Crippen molar-refractivity contribution in [3.63, 3.8) is 0 Å². The van der Waals surface area contributed by atoms with E-state index in [-0.39, 0.29) is 24.6 Å². The zero-order valence-electron chi connectivity index (χ0n) is 17.0. The highest BCUT2D eigenvalue weighted by Gasteiger charge is 2.26. The van der Waals surface area contributed by atoms with Gasteiger partial charge in [-0.1, -0.05) is 0 Å². The Labute approximate surface area is 171 Å². The molecular formula is C22H30N4O3. The van der Waals surface area contributed by atoms with E-state index >= 15 is 0 Å². The highest BCUT2D eigenvalue weighted by atomic mass is 16.5. The molecule has 0 bridgehead atoms. The summed E-state index contributed by atoms with van der Waals surface area (Å²) in [4.78, 5) is 19.4. The summed E-state index contributed by atoms with van der Waals surface area (Å²) < 4.78 is 7.34. The molecule has 156 valence electrons. The Bertz CT molecular complexity index is 815. The zero-order chi connectivity index (χ0) is 20.2. The Morgan fingerprint density at radius 2 is 2.00 bits per heavy atom. The number of methoxy groups -OCH3 is 1. The molecule has 1 aliphatic carbocycles. The number of rotatable bonds is 6. The molecular weight excluding hydrogens is 368 g/mol. The molecule has 1 saturated carbocycles. The van der Waals surface area contributed by atoms with Crippen LogP contribution in [0.3, 0.4) is 0 Å². The molecule has 2 N–H and O–H groups in total. The van der Waals surface area contributed by atoms with Gasteiger partial charge in [-0.2, -0.15) is 0 Å². The monoisotopic (exact) mass is 398 g/mol. The van der Waals surface area contributed by atoms with Crippen molar-refractivity contribution in [2.75, 3.05) is 25.2 Å². The lowest BCUT2D eigenvalue weighted by molar-refractivity contribution is 0.0599. The first-order valence-corrected chi connectivity index (χ1v) is 10.5. The van der Waals surface area contributed by atoms with Crippen LogP contribution < -0.4 is 10.2 Å². The van der Waals surface area contributed by atoms with Gasteiger partial charge in [0.2, 0.25) is 0 Å². The van der Waals surface area contributed by atoms with Crippen molar-refractivity contribution in [1.29, 1.82) is 0 Å². The van der Waals surface area contributed by atoms with E-state index in [9.17, 15) is 9.90 Å². The molecule has 2 aliphatic rings. The van der Waals surface area contributed by atoms with E-state index in [2.05, 4.69) is 21.3 Å². The van der Waals surface area contributed by atoms with Crippen LogP contribution in [-0.2, 0) is 4.74 Å². The van der Waals surface area contributed by atoms with Gasteiger partial charge in [0.05, 0.1) is 25.1 Å². The Morgan fingerprint density at radius 3 is 2.69 bits per heavy atom. The van der Waals surface area contributed by atoms with E-state index in [1.54, 1.807) is 19.6 Å². The second-order valence-electron chi connectivity index (χ2n) is 8.06. The molecule has 0 spiro atoms. The smallest absolute Gasteiger partial charge is 0.251 e. The normalized spacial score (nSPS) is 24.6. The number of nitrogens with one attached hydrogen (secondary N) is 1. The van der Waals surface area contributed by atoms with Crippen LogP contribution in [-0.4, -0.2) is 59.0 Å². The van der Waals surface area contributed by atoms with Gasteiger partial charge in [0, 0.05) is 49.0 Å². The lowest BCUT2D eigenvalue weighted by atomic mass is 9.92. The van der Waals surface area contributed by atoms with Crippen molar-refractivity contribution in [2.24, 2.45) is 0 Å². The molecule has 1 aromatic heterocycles. The number of anilines is 1. The van der Waals surface area contributed by atoms with Crippen molar-refractivity contribution >= 4 is 11.6 Å². The number of nitrogens with zero attached hydrogens (tertiary/aromatic N) is 3. The first kappa shape index (κ1) is 19.9. The molecule has 7 heteroatoms. The minimum Gasteiger partial charge on any atom is -0.394 e. The topological polar surface area (TPSA) is 79.6 Å². The fourth-order valence-electron chi connectivity index (χ4n) is 4.53. The summed E-state index contributed by atoms with van der Waals surface area (Å²) in [6.45, 7) is 1.01. The average molecular weight is 399 g/mol. The number of carbonyl (C=O) groups is 1. The third-order valence-electron chi connectivity index (χ3n) is 6.23. The fourth-order valence-corrected chi connectivity index (χ4v) is 4.53. The van der Waals surface area contributed by atoms with E-state index in [0.29, 0.717) is 11.7 Å². The fraction of sp³-hybridized carbons (Fsp3) is 0.545. The summed E-state index contributed by atoms with van der Waals surface area (Å²) in [5, 5.41) is 12.9. The van der Waals surface area contributed by atoms with Crippen molar-refractivity contribution < 1.29 is 14.6 Å². The van der Waals surface area contributed by atoms with E-state index in [1.165, 1.54) is 0 Å². The standard InChI is InChI=1S/C22H30N4O3/c1-29-21-6-4-17(5-7-21)24-22(28)16-11-19(25-10-8-23-15-25)13-20(12-16)26-9-2-3-18(26)14-27/h8,10-13,15,17-18,21,27H,2-7,9,14H2,1H3,(H,24,28)/t17?,18-,21?/m1/s1. The molecule has 2 aromatic rings. The number of amides is 1. The van der Waals surface area contributed by atoms with Crippen LogP contribution in [0.4, 0.5) is 5.69 Å². The molecule has 1 amide bonds. The third-order valence-corrected chi connectivity index (χ3v) is 6.23. The van der Waals surface area contributed by atoms with Crippen LogP contribution in [0.5, 0.6) is 0 Å². The predicted molar refractivity (Wildman–Crippen MR) is 112 cm³/mol. The molecule has 4 rings (SSSR count). The minimum absolute atomic E-state index is 0.0474. The van der Waals surface area contributed by atoms with Gasteiger partial charge in [-0.3, -0.25) is 4.79 Å². The molecule has 7 nitrogen and oxygen atoms in total. The van der Waals surface area contributed by atoms with Crippen LogP contribution in [0.2, 0.25) is 0 Å². The molecule has 0 radical (unpaired) electrons. The zero-order valence-corrected chi connectivity index (χ0v) is 17.0. The first-order chi connectivity index (χ1) is 14.2. The summed E-state index contributed by atoms with van der Waals surface area (Å²) in [7, 11) is 1.75. The van der Waals surface area contributed by atoms with Crippen LogP contribution in [0.15, 0.2) is 36.9 Å². The number of aromatic nitrogens is 2. The molecule has 2 fully saturated rings. The number of aliphatic hydroxyl groups excluding tert-OH is 1. The van der Waals surface area contributed by atoms with E-state index < -0.39 is 0 Å². The molecule has 0 unspecified atom stereocenters. The lowest BCUT2D eigenvalue weighted by Crippen LogP contribution is -2.39. The van der Waals surface area contributed by atoms with E-state index in [1.807, 2.05) is 22.9 Å². The van der Waals surface area contributed by atoms with E-state index in [0.717, 1.165) is 56.4 Å². The molecule has 1 aliphatic heterocycles. The van der Waals surface area contributed by atoms with Gasteiger partial charge >= 0.3 is 0 Å². The molecule has 2 heterocycles. The number of hydrogen-bond donors (Lipinski definition) is 2. The maximum atomic E-state index is 13.1. The van der Waals surface area contributed by atoms with Gasteiger partial charge in [-0.15, -0.1) is 0 Å². The minimum atomic E-state index is -0.0474. The van der Waals surface area contributed by atoms with Crippen molar-refractivity contribution in [2.45, 2.75) is 56.7 Å². The Hall–Kier alpha value is -2.38. The lowest BCUT2D eigenvalue weighted by Gasteiger charge is -2.29. The number of hydrogen-bond acceptors (Lipinski definition) is 5. The summed E-state index contributed by atoms with van der Waals surface area (Å²) >= 11 is 0. The van der Waals surface area contributed by atoms with Gasteiger partial charge < -0.3 is 24.6 Å². The highest BCUT2D eigenvalue weighted by molar-refractivity contribution is 5.96. The van der Waals surface area contributed by atoms with Crippen LogP contribution in [0.1, 0.15) is 48.9 Å². The molecule has 1 aromatic carbocycles. The number of carbonyl (C=O) groups excluding carboxylic acids is 1. The van der Waals surface area contributed by atoms with E-state index in [4.69, 9.17) is 4.74 Å². The summed E-state index contributed by atoms with van der Waals surface area (Å²) in [6.07, 6.45) is 11.5. The summed E-state index contributed by atoms with van der Waals surface area (Å²) in [5.74, 6) is -0.0474. The first-order valence-electron chi connectivity index (χ1n) is 10.5. The SMILES string of the molecule is COC1CCC(NC(=O)c2cc(N3CCC[C@@H]3CO)cc(-n3ccnc3)c2)CC1. The molecule has 1 saturated heterocycles. The van der Waals surface area contributed by atoms with Gasteiger partial charge in [-0.05, 0) is 56.7 Å². The van der Waals surface area contributed by atoms with Crippen LogP contribution in [0, 0.1) is 0 Å². The van der Waals surface area contributed by atoms with Gasteiger partial charge in [0.1, 0.15) is 0 Å². The van der Waals surface area contributed by atoms with Crippen molar-refractivity contribution in [1.82, 2.24) is 14.9 Å². The summed E-state index contributed by atoms with van der Waals surface area (Å²) in [5.41, 5.74) is 2.52.